The van der Waals surface area contributed by atoms with Gasteiger partial charge in [0, 0.05) is 49.3 Å². The minimum Gasteiger partial charge on any atom is -0.497 e. The third-order valence-corrected chi connectivity index (χ3v) is 5.63. The van der Waals surface area contributed by atoms with Gasteiger partial charge in [0.05, 0.1) is 12.7 Å². The molecular weight excluding hydrogens is 350 g/mol. The number of piperazine rings is 1. The monoisotopic (exact) mass is 377 g/mol. The number of carbonyl (C=O) groups excluding carboxylic acids is 1. The van der Waals surface area contributed by atoms with Gasteiger partial charge in [-0.3, -0.25) is 9.69 Å². The van der Waals surface area contributed by atoms with Crippen molar-refractivity contribution < 1.29 is 9.53 Å². The SMILES string of the molecule is COc1ccc2[nH]c(C)c(C(=O)N3CCN(CCc4ccccc4)CC3)c2c1. The summed E-state index contributed by atoms with van der Waals surface area (Å²) in [6, 6.07) is 16.4. The Balaban J connectivity index is 1.41. The summed E-state index contributed by atoms with van der Waals surface area (Å²) in [5.74, 6) is 0.881. The van der Waals surface area contributed by atoms with Gasteiger partial charge in [0.15, 0.2) is 0 Å². The van der Waals surface area contributed by atoms with Crippen LogP contribution in [0.2, 0.25) is 0 Å². The Morgan fingerprint density at radius 1 is 1.07 bits per heavy atom. The van der Waals surface area contributed by atoms with Crippen LogP contribution in [0, 0.1) is 6.92 Å². The van der Waals surface area contributed by atoms with E-state index in [2.05, 4.69) is 40.2 Å². The maximum atomic E-state index is 13.2. The molecule has 146 valence electrons. The second-order valence-electron chi connectivity index (χ2n) is 7.41. The minimum absolute atomic E-state index is 0.111. The number of aromatic nitrogens is 1. The largest absolute Gasteiger partial charge is 0.497 e. The van der Waals surface area contributed by atoms with Crippen LogP contribution in [0.3, 0.4) is 0 Å². The maximum absolute atomic E-state index is 13.2. The molecule has 3 aromatic rings. The lowest BCUT2D eigenvalue weighted by Crippen LogP contribution is -2.49. The molecule has 0 bridgehead atoms. The molecule has 28 heavy (non-hydrogen) atoms. The third kappa shape index (κ3) is 3.76. The van der Waals surface area contributed by atoms with E-state index in [0.717, 1.165) is 67.1 Å². The number of H-pyrrole nitrogens is 1. The molecule has 5 nitrogen and oxygen atoms in total. The minimum atomic E-state index is 0.111. The van der Waals surface area contributed by atoms with E-state index >= 15 is 0 Å². The first-order chi connectivity index (χ1) is 13.7. The summed E-state index contributed by atoms with van der Waals surface area (Å²) in [6.45, 7) is 6.38. The number of ether oxygens (including phenoxy) is 1. The fraction of sp³-hybridized carbons (Fsp3) is 0.348. The van der Waals surface area contributed by atoms with Gasteiger partial charge in [-0.2, -0.15) is 0 Å². The molecular formula is C23H27N3O2. The Kier molecular flexibility index (Phi) is 5.35. The molecule has 2 aromatic carbocycles. The van der Waals surface area contributed by atoms with Crippen LogP contribution in [0.5, 0.6) is 5.75 Å². The van der Waals surface area contributed by atoms with Crippen molar-refractivity contribution in [1.82, 2.24) is 14.8 Å². The molecule has 5 heteroatoms. The van der Waals surface area contributed by atoms with Gasteiger partial charge in [0.1, 0.15) is 5.75 Å². The molecule has 0 saturated carbocycles. The first-order valence-corrected chi connectivity index (χ1v) is 9.87. The van der Waals surface area contributed by atoms with Crippen molar-refractivity contribution in [3.8, 4) is 5.75 Å². The normalized spacial score (nSPS) is 15.1. The predicted octanol–water partition coefficient (Wildman–Crippen LogP) is 3.49. The predicted molar refractivity (Wildman–Crippen MR) is 112 cm³/mol. The number of hydrogen-bond acceptors (Lipinski definition) is 3. The van der Waals surface area contributed by atoms with Crippen molar-refractivity contribution in [2.24, 2.45) is 0 Å². The fourth-order valence-corrected chi connectivity index (χ4v) is 3.97. The number of amides is 1. The Morgan fingerprint density at radius 2 is 1.82 bits per heavy atom. The van der Waals surface area contributed by atoms with Crippen LogP contribution < -0.4 is 4.74 Å². The Morgan fingerprint density at radius 3 is 2.54 bits per heavy atom. The van der Waals surface area contributed by atoms with Gasteiger partial charge >= 0.3 is 0 Å². The number of rotatable bonds is 5. The molecule has 0 atom stereocenters. The fourth-order valence-electron chi connectivity index (χ4n) is 3.97. The number of nitrogens with zero attached hydrogens (tertiary/aromatic N) is 2. The zero-order valence-electron chi connectivity index (χ0n) is 16.6. The van der Waals surface area contributed by atoms with Crippen molar-refractivity contribution in [2.45, 2.75) is 13.3 Å². The standard InChI is InChI=1S/C23H27N3O2/c1-17-22(20-16-19(28-2)8-9-21(20)24-17)23(27)26-14-12-25(13-15-26)11-10-18-6-4-3-5-7-18/h3-9,16,24H,10-15H2,1-2H3. The summed E-state index contributed by atoms with van der Waals surface area (Å²) in [6.07, 6.45) is 1.05. The summed E-state index contributed by atoms with van der Waals surface area (Å²) in [7, 11) is 1.65. The van der Waals surface area contributed by atoms with Gasteiger partial charge in [0.25, 0.3) is 5.91 Å². The highest BCUT2D eigenvalue weighted by Gasteiger charge is 2.25. The topological polar surface area (TPSA) is 48.6 Å². The van der Waals surface area contributed by atoms with Crippen LogP contribution in [0.4, 0.5) is 0 Å². The first-order valence-electron chi connectivity index (χ1n) is 9.87. The number of carbonyl (C=O) groups is 1. The van der Waals surface area contributed by atoms with Crippen molar-refractivity contribution >= 4 is 16.8 Å². The first kappa shape index (κ1) is 18.6. The Bertz CT molecular complexity index is 957. The number of aromatic amines is 1. The van der Waals surface area contributed by atoms with E-state index in [0.29, 0.717) is 0 Å². The summed E-state index contributed by atoms with van der Waals surface area (Å²) in [5, 5.41) is 0.938. The molecule has 4 rings (SSSR count). The van der Waals surface area contributed by atoms with Gasteiger partial charge in [-0.1, -0.05) is 30.3 Å². The van der Waals surface area contributed by atoms with Crippen LogP contribution in [0.1, 0.15) is 21.6 Å². The molecule has 1 aliphatic heterocycles. The van der Waals surface area contributed by atoms with E-state index in [1.54, 1.807) is 7.11 Å². The van der Waals surface area contributed by atoms with E-state index in [9.17, 15) is 4.79 Å². The van der Waals surface area contributed by atoms with Gasteiger partial charge in [-0.25, -0.2) is 0 Å². The van der Waals surface area contributed by atoms with Crippen molar-refractivity contribution in [2.75, 3.05) is 39.8 Å². The Labute approximate surface area is 165 Å². The van der Waals surface area contributed by atoms with Crippen LogP contribution in [-0.4, -0.2) is 60.5 Å². The zero-order valence-corrected chi connectivity index (χ0v) is 16.6. The van der Waals surface area contributed by atoms with E-state index in [1.165, 1.54) is 5.56 Å². The lowest BCUT2D eigenvalue weighted by molar-refractivity contribution is 0.0640. The molecule has 1 aliphatic rings. The molecule has 1 saturated heterocycles. The number of fused-ring (bicyclic) bond motifs is 1. The number of hydrogen-bond donors (Lipinski definition) is 1. The van der Waals surface area contributed by atoms with Gasteiger partial charge in [0.2, 0.25) is 0 Å². The van der Waals surface area contributed by atoms with Crippen LogP contribution in [0.25, 0.3) is 10.9 Å². The lowest BCUT2D eigenvalue weighted by Gasteiger charge is -2.34. The highest BCUT2D eigenvalue weighted by molar-refractivity contribution is 6.08. The smallest absolute Gasteiger partial charge is 0.256 e. The highest BCUT2D eigenvalue weighted by Crippen LogP contribution is 2.27. The second kappa shape index (κ2) is 8.07. The second-order valence-corrected chi connectivity index (χ2v) is 7.41. The molecule has 1 amide bonds. The van der Waals surface area contributed by atoms with Crippen LogP contribution in [-0.2, 0) is 6.42 Å². The number of benzene rings is 2. The van der Waals surface area contributed by atoms with Crippen molar-refractivity contribution in [3.63, 3.8) is 0 Å². The van der Waals surface area contributed by atoms with Crippen molar-refractivity contribution in [1.29, 1.82) is 0 Å². The number of nitrogens with one attached hydrogen (secondary N) is 1. The molecule has 2 heterocycles. The van der Waals surface area contributed by atoms with Gasteiger partial charge < -0.3 is 14.6 Å². The summed E-state index contributed by atoms with van der Waals surface area (Å²) < 4.78 is 5.34. The van der Waals surface area contributed by atoms with E-state index < -0.39 is 0 Å². The van der Waals surface area contributed by atoms with Crippen LogP contribution >= 0.6 is 0 Å². The van der Waals surface area contributed by atoms with Crippen molar-refractivity contribution in [3.05, 3.63) is 65.4 Å². The molecule has 0 spiro atoms. The summed E-state index contributed by atoms with van der Waals surface area (Å²) in [4.78, 5) is 21.0. The lowest BCUT2D eigenvalue weighted by atomic mass is 10.1. The quantitative estimate of drug-likeness (QED) is 0.741. The maximum Gasteiger partial charge on any atom is 0.256 e. The average Bonchev–Trinajstić information content (AvgIpc) is 3.07. The molecule has 0 aliphatic carbocycles. The summed E-state index contributed by atoms with van der Waals surface area (Å²) >= 11 is 0. The third-order valence-electron chi connectivity index (χ3n) is 5.63. The Hall–Kier alpha value is -2.79. The van der Waals surface area contributed by atoms with E-state index in [1.807, 2.05) is 30.0 Å². The molecule has 0 unspecified atom stereocenters. The van der Waals surface area contributed by atoms with Gasteiger partial charge in [-0.15, -0.1) is 0 Å². The number of aryl methyl sites for hydroxylation is 1. The zero-order chi connectivity index (χ0) is 19.5. The van der Waals surface area contributed by atoms with Gasteiger partial charge in [-0.05, 0) is 37.1 Å². The van der Waals surface area contributed by atoms with E-state index in [4.69, 9.17) is 4.74 Å². The molecule has 1 aromatic heterocycles. The highest BCUT2D eigenvalue weighted by atomic mass is 16.5. The average molecular weight is 377 g/mol. The molecule has 1 fully saturated rings. The summed E-state index contributed by atoms with van der Waals surface area (Å²) in [5.41, 5.74) is 4.03. The molecule has 0 radical (unpaired) electrons. The van der Waals surface area contributed by atoms with E-state index in [-0.39, 0.29) is 5.91 Å². The number of methoxy groups -OCH3 is 1. The van der Waals surface area contributed by atoms with Crippen LogP contribution in [0.15, 0.2) is 48.5 Å². The molecule has 1 N–H and O–H groups in total.